The summed E-state index contributed by atoms with van der Waals surface area (Å²) >= 11 is 0. The van der Waals surface area contributed by atoms with Gasteiger partial charge < -0.3 is 23.7 Å². The van der Waals surface area contributed by atoms with Gasteiger partial charge in [0.05, 0.1) is 37.7 Å². The van der Waals surface area contributed by atoms with Crippen molar-refractivity contribution in [2.24, 2.45) is 0 Å². The maximum absolute atomic E-state index is 12.6. The SMILES string of the molecule is CN(C)C[C@H]1CC[C@]2(COCCN(C(=O)c3ccoc3)C2)O1. The zero-order chi connectivity index (χ0) is 15.6. The third-order valence-corrected chi connectivity index (χ3v) is 4.31. The Kier molecular flexibility index (Phi) is 4.52. The molecule has 1 aromatic rings. The van der Waals surface area contributed by atoms with Crippen LogP contribution < -0.4 is 0 Å². The number of furan rings is 1. The number of hydrogen-bond donors (Lipinski definition) is 0. The van der Waals surface area contributed by atoms with Crippen molar-refractivity contribution in [3.63, 3.8) is 0 Å². The third kappa shape index (κ3) is 3.34. The van der Waals surface area contributed by atoms with E-state index in [-0.39, 0.29) is 17.6 Å². The van der Waals surface area contributed by atoms with Gasteiger partial charge in [-0.05, 0) is 33.0 Å². The maximum Gasteiger partial charge on any atom is 0.257 e. The van der Waals surface area contributed by atoms with E-state index in [9.17, 15) is 4.79 Å². The number of carbonyl (C=O) groups excluding carboxylic acids is 1. The van der Waals surface area contributed by atoms with Crippen LogP contribution in [0.4, 0.5) is 0 Å². The van der Waals surface area contributed by atoms with Crippen LogP contribution in [0.3, 0.4) is 0 Å². The summed E-state index contributed by atoms with van der Waals surface area (Å²) in [5.41, 5.74) is 0.219. The standard InChI is InChI=1S/C16H24N2O4/c1-17(2)9-14-3-5-16(22-14)11-18(6-8-21-12-16)15(19)13-4-7-20-10-13/h4,7,10,14H,3,5-6,8-9,11-12H2,1-2H3/t14-,16+/m1/s1. The van der Waals surface area contributed by atoms with E-state index < -0.39 is 0 Å². The number of ether oxygens (including phenoxy) is 2. The Hall–Kier alpha value is -1.37. The molecule has 2 aliphatic rings. The first kappa shape index (κ1) is 15.5. The van der Waals surface area contributed by atoms with Gasteiger partial charge in [-0.25, -0.2) is 0 Å². The van der Waals surface area contributed by atoms with Crippen molar-refractivity contribution in [3.8, 4) is 0 Å². The van der Waals surface area contributed by atoms with Gasteiger partial charge in [0.2, 0.25) is 0 Å². The third-order valence-electron chi connectivity index (χ3n) is 4.31. The highest BCUT2D eigenvalue weighted by Gasteiger charge is 2.44. The number of amides is 1. The Bertz CT molecular complexity index is 502. The summed E-state index contributed by atoms with van der Waals surface area (Å²) in [6.45, 7) is 3.19. The molecule has 0 unspecified atom stereocenters. The molecule has 2 saturated heterocycles. The van der Waals surface area contributed by atoms with Crippen molar-refractivity contribution in [2.45, 2.75) is 24.5 Å². The lowest BCUT2D eigenvalue weighted by molar-refractivity contribution is -0.0878. The highest BCUT2D eigenvalue weighted by atomic mass is 16.6. The van der Waals surface area contributed by atoms with Gasteiger partial charge >= 0.3 is 0 Å². The van der Waals surface area contributed by atoms with Gasteiger partial charge in [0.25, 0.3) is 5.91 Å². The highest BCUT2D eigenvalue weighted by molar-refractivity contribution is 5.93. The van der Waals surface area contributed by atoms with E-state index in [1.807, 2.05) is 19.0 Å². The van der Waals surface area contributed by atoms with Crippen LogP contribution in [0.15, 0.2) is 23.0 Å². The fraction of sp³-hybridized carbons (Fsp3) is 0.688. The molecule has 2 atom stereocenters. The van der Waals surface area contributed by atoms with Gasteiger partial charge in [0, 0.05) is 13.1 Å². The molecule has 0 aliphatic carbocycles. The lowest BCUT2D eigenvalue weighted by atomic mass is 10.00. The second-order valence-electron chi connectivity index (χ2n) is 6.52. The van der Waals surface area contributed by atoms with Crippen molar-refractivity contribution >= 4 is 5.91 Å². The van der Waals surface area contributed by atoms with E-state index in [1.165, 1.54) is 12.5 Å². The number of carbonyl (C=O) groups is 1. The van der Waals surface area contributed by atoms with E-state index in [0.29, 0.717) is 31.9 Å². The minimum atomic E-state index is -0.365. The van der Waals surface area contributed by atoms with E-state index in [0.717, 1.165) is 19.4 Å². The zero-order valence-corrected chi connectivity index (χ0v) is 13.3. The monoisotopic (exact) mass is 308 g/mol. The molecule has 122 valence electrons. The first-order valence-electron chi connectivity index (χ1n) is 7.80. The number of likely N-dealkylation sites (N-methyl/N-ethyl adjacent to an activating group) is 1. The molecule has 0 bridgehead atoms. The normalized spacial score (nSPS) is 29.2. The average molecular weight is 308 g/mol. The molecular weight excluding hydrogens is 284 g/mol. The van der Waals surface area contributed by atoms with Gasteiger partial charge in [-0.2, -0.15) is 0 Å². The summed E-state index contributed by atoms with van der Waals surface area (Å²) < 4.78 is 17.0. The fourth-order valence-electron chi connectivity index (χ4n) is 3.30. The molecule has 1 spiro atoms. The smallest absolute Gasteiger partial charge is 0.257 e. The van der Waals surface area contributed by atoms with Crippen LogP contribution in [-0.2, 0) is 9.47 Å². The molecule has 0 saturated carbocycles. The lowest BCUT2D eigenvalue weighted by Crippen LogP contribution is -2.47. The van der Waals surface area contributed by atoms with Crippen LogP contribution >= 0.6 is 0 Å². The number of hydrogen-bond acceptors (Lipinski definition) is 5. The Morgan fingerprint density at radius 1 is 1.50 bits per heavy atom. The van der Waals surface area contributed by atoms with Gasteiger partial charge in [-0.1, -0.05) is 0 Å². The van der Waals surface area contributed by atoms with Crippen LogP contribution in [0.1, 0.15) is 23.2 Å². The van der Waals surface area contributed by atoms with E-state index in [4.69, 9.17) is 13.9 Å². The van der Waals surface area contributed by atoms with E-state index >= 15 is 0 Å². The topological polar surface area (TPSA) is 55.2 Å². The Morgan fingerprint density at radius 2 is 2.36 bits per heavy atom. The quantitative estimate of drug-likeness (QED) is 0.841. The average Bonchev–Trinajstić information content (AvgIpc) is 3.07. The van der Waals surface area contributed by atoms with Crippen molar-refractivity contribution in [1.29, 1.82) is 0 Å². The lowest BCUT2D eigenvalue weighted by Gasteiger charge is -2.32. The second kappa shape index (κ2) is 6.40. The Balaban J connectivity index is 1.69. The summed E-state index contributed by atoms with van der Waals surface area (Å²) in [5.74, 6) is -0.0155. The minimum Gasteiger partial charge on any atom is -0.472 e. The molecule has 0 N–H and O–H groups in total. The molecule has 3 heterocycles. The summed E-state index contributed by atoms with van der Waals surface area (Å²) in [7, 11) is 4.10. The largest absolute Gasteiger partial charge is 0.472 e. The highest BCUT2D eigenvalue weighted by Crippen LogP contribution is 2.33. The van der Waals surface area contributed by atoms with Crippen molar-refractivity contribution in [1.82, 2.24) is 9.80 Å². The molecule has 22 heavy (non-hydrogen) atoms. The molecule has 0 radical (unpaired) electrons. The molecule has 3 rings (SSSR count). The summed E-state index contributed by atoms with van der Waals surface area (Å²) in [5, 5.41) is 0. The van der Waals surface area contributed by atoms with E-state index in [1.54, 1.807) is 6.07 Å². The van der Waals surface area contributed by atoms with E-state index in [2.05, 4.69) is 4.90 Å². The van der Waals surface area contributed by atoms with Crippen LogP contribution in [0.2, 0.25) is 0 Å². The van der Waals surface area contributed by atoms with Crippen LogP contribution in [-0.4, -0.2) is 74.4 Å². The summed E-state index contributed by atoms with van der Waals surface area (Å²) in [6.07, 6.45) is 5.17. The molecule has 6 nitrogen and oxygen atoms in total. The Labute approximate surface area is 131 Å². The maximum atomic E-state index is 12.6. The summed E-state index contributed by atoms with van der Waals surface area (Å²) in [6, 6.07) is 1.70. The molecule has 2 aliphatic heterocycles. The zero-order valence-electron chi connectivity index (χ0n) is 13.3. The molecule has 1 amide bonds. The van der Waals surface area contributed by atoms with Gasteiger partial charge in [0.1, 0.15) is 11.9 Å². The van der Waals surface area contributed by atoms with Gasteiger partial charge in [0.15, 0.2) is 0 Å². The predicted molar refractivity (Wildman–Crippen MR) is 80.8 cm³/mol. The van der Waals surface area contributed by atoms with Crippen molar-refractivity contribution in [2.75, 3.05) is 46.9 Å². The van der Waals surface area contributed by atoms with Gasteiger partial charge in [-0.3, -0.25) is 4.79 Å². The Morgan fingerprint density at radius 3 is 3.09 bits per heavy atom. The molecule has 0 aromatic carbocycles. The summed E-state index contributed by atoms with van der Waals surface area (Å²) in [4.78, 5) is 16.5. The molecular formula is C16H24N2O4. The van der Waals surface area contributed by atoms with Crippen molar-refractivity contribution < 1.29 is 18.7 Å². The first-order chi connectivity index (χ1) is 10.6. The first-order valence-corrected chi connectivity index (χ1v) is 7.80. The molecule has 1 aromatic heterocycles. The van der Waals surface area contributed by atoms with Crippen LogP contribution in [0.5, 0.6) is 0 Å². The molecule has 2 fully saturated rings. The minimum absolute atomic E-state index is 0.0155. The van der Waals surface area contributed by atoms with Crippen LogP contribution in [0, 0.1) is 0 Å². The van der Waals surface area contributed by atoms with Crippen molar-refractivity contribution in [3.05, 3.63) is 24.2 Å². The fourth-order valence-corrected chi connectivity index (χ4v) is 3.30. The van der Waals surface area contributed by atoms with Crippen LogP contribution in [0.25, 0.3) is 0 Å². The van der Waals surface area contributed by atoms with Gasteiger partial charge in [-0.15, -0.1) is 0 Å². The second-order valence-corrected chi connectivity index (χ2v) is 6.52. The number of rotatable bonds is 3. The number of nitrogens with zero attached hydrogens (tertiary/aromatic N) is 2. The predicted octanol–water partition coefficient (Wildman–Crippen LogP) is 1.23. The molecule has 6 heteroatoms.